The van der Waals surface area contributed by atoms with E-state index in [1.165, 1.54) is 6.07 Å². The number of hydrogen-bond donors (Lipinski definition) is 3. The summed E-state index contributed by atoms with van der Waals surface area (Å²) in [7, 11) is 0. The van der Waals surface area contributed by atoms with Crippen LogP contribution in [0.1, 0.15) is 12.8 Å². The number of halogens is 1. The molecule has 3 aliphatic rings. The fourth-order valence-corrected chi connectivity index (χ4v) is 3.99. The molecule has 0 aromatic heterocycles. The monoisotopic (exact) mass is 456 g/mol. The van der Waals surface area contributed by atoms with E-state index in [1.54, 1.807) is 12.1 Å². The molecule has 8 nitrogen and oxygen atoms in total. The number of rotatable bonds is 5. The van der Waals surface area contributed by atoms with Crippen LogP contribution in [-0.4, -0.2) is 58.9 Å². The van der Waals surface area contributed by atoms with Gasteiger partial charge in [0.2, 0.25) is 0 Å². The first-order chi connectivity index (χ1) is 15.8. The third-order valence-corrected chi connectivity index (χ3v) is 5.54. The molecule has 9 heteroatoms. The third-order valence-electron chi connectivity index (χ3n) is 5.54. The summed E-state index contributed by atoms with van der Waals surface area (Å²) < 4.78 is 20.0. The number of carboxylic acid groups (broad SMARTS) is 2. The third kappa shape index (κ3) is 6.88. The summed E-state index contributed by atoms with van der Waals surface area (Å²) in [6, 6.07) is 13.9. The van der Waals surface area contributed by atoms with E-state index in [0.29, 0.717) is 29.3 Å². The Labute approximate surface area is 190 Å². The number of ether oxygens (including phenoxy) is 1. The average molecular weight is 456 g/mol. The second-order valence-corrected chi connectivity index (χ2v) is 7.75. The van der Waals surface area contributed by atoms with E-state index >= 15 is 0 Å². The summed E-state index contributed by atoms with van der Waals surface area (Å²) in [6.07, 6.45) is 2.68. The molecule has 5 rings (SSSR count). The van der Waals surface area contributed by atoms with Crippen molar-refractivity contribution >= 4 is 23.7 Å². The molecule has 1 atom stereocenters. The molecule has 2 aromatic rings. The number of nitrogens with zero attached hydrogens (tertiary/aromatic N) is 1. The predicted molar refractivity (Wildman–Crippen MR) is 119 cm³/mol. The topological polar surface area (TPSA) is 116 Å². The number of hydrogen-bond acceptors (Lipinski definition) is 5. The predicted octanol–water partition coefficient (Wildman–Crippen LogP) is 3.85. The van der Waals surface area contributed by atoms with Gasteiger partial charge < -0.3 is 14.9 Å². The van der Waals surface area contributed by atoms with Crippen molar-refractivity contribution in [3.63, 3.8) is 0 Å². The Morgan fingerprint density at radius 3 is 2.15 bits per heavy atom. The van der Waals surface area contributed by atoms with Gasteiger partial charge >= 0.3 is 18.0 Å². The number of carboxylic acids is 2. The smallest absolute Gasteiger partial charge is 0.411 e. The van der Waals surface area contributed by atoms with Gasteiger partial charge in [0.05, 0.1) is 5.69 Å². The second-order valence-electron chi connectivity index (χ2n) is 7.75. The molecule has 3 aliphatic heterocycles. The highest BCUT2D eigenvalue weighted by Gasteiger charge is 2.36. The van der Waals surface area contributed by atoms with E-state index in [1.807, 2.05) is 30.3 Å². The van der Waals surface area contributed by atoms with Crippen LogP contribution in [0.2, 0.25) is 0 Å². The molecule has 1 amide bonds. The minimum Gasteiger partial charge on any atom is -0.478 e. The van der Waals surface area contributed by atoms with Gasteiger partial charge in [0.25, 0.3) is 0 Å². The van der Waals surface area contributed by atoms with Gasteiger partial charge in [0.15, 0.2) is 0 Å². The Kier molecular flexibility index (Phi) is 8.15. The van der Waals surface area contributed by atoms with Crippen molar-refractivity contribution in [3.8, 4) is 11.1 Å². The van der Waals surface area contributed by atoms with Crippen molar-refractivity contribution in [2.75, 3.05) is 25.0 Å². The maximum Gasteiger partial charge on any atom is 0.411 e. The molecule has 2 bridgehead atoms. The maximum absolute atomic E-state index is 14.4. The van der Waals surface area contributed by atoms with E-state index in [-0.39, 0.29) is 11.9 Å². The van der Waals surface area contributed by atoms with Crippen molar-refractivity contribution in [2.45, 2.75) is 18.9 Å². The number of amides is 1. The van der Waals surface area contributed by atoms with E-state index in [0.717, 1.165) is 38.0 Å². The quantitative estimate of drug-likeness (QED) is 0.585. The lowest BCUT2D eigenvalue weighted by Crippen LogP contribution is -2.52. The van der Waals surface area contributed by atoms with E-state index < -0.39 is 18.0 Å². The van der Waals surface area contributed by atoms with Crippen LogP contribution >= 0.6 is 0 Å². The minimum absolute atomic E-state index is 0.0729. The van der Waals surface area contributed by atoms with Gasteiger partial charge in [-0.25, -0.2) is 18.8 Å². The molecule has 0 saturated carbocycles. The van der Waals surface area contributed by atoms with Crippen molar-refractivity contribution in [2.24, 2.45) is 5.92 Å². The van der Waals surface area contributed by atoms with Crippen LogP contribution < -0.4 is 5.32 Å². The van der Waals surface area contributed by atoms with Gasteiger partial charge in [-0.1, -0.05) is 36.4 Å². The number of carbonyl (C=O) groups excluding carboxylic acids is 1. The molecule has 3 heterocycles. The van der Waals surface area contributed by atoms with Crippen LogP contribution in [0.5, 0.6) is 0 Å². The van der Waals surface area contributed by atoms with Crippen LogP contribution in [0, 0.1) is 11.7 Å². The largest absolute Gasteiger partial charge is 0.478 e. The van der Waals surface area contributed by atoms with E-state index in [4.69, 9.17) is 14.9 Å². The first-order valence-electron chi connectivity index (χ1n) is 10.5. The Morgan fingerprint density at radius 1 is 0.970 bits per heavy atom. The number of fused-ring (bicyclic) bond motifs is 3. The SMILES string of the molecule is O=C(Nc1cccc(F)c1-c1ccccc1)OC1CN2CCC1CC2.O=C(O)/C=C/C(=O)O. The van der Waals surface area contributed by atoms with Crippen molar-refractivity contribution in [3.05, 3.63) is 66.5 Å². The molecule has 1 unspecified atom stereocenters. The molecular formula is C24H25FN2O6. The number of piperidine rings is 3. The molecule has 2 aromatic carbocycles. The maximum atomic E-state index is 14.4. The fourth-order valence-electron chi connectivity index (χ4n) is 3.99. The molecule has 33 heavy (non-hydrogen) atoms. The summed E-state index contributed by atoms with van der Waals surface area (Å²) in [4.78, 5) is 33.8. The number of benzene rings is 2. The highest BCUT2D eigenvalue weighted by Crippen LogP contribution is 2.32. The van der Waals surface area contributed by atoms with Crippen LogP contribution in [0.3, 0.4) is 0 Å². The number of aliphatic carboxylic acids is 2. The molecule has 0 radical (unpaired) electrons. The molecule has 3 N–H and O–H groups in total. The van der Waals surface area contributed by atoms with Gasteiger partial charge in [0.1, 0.15) is 11.9 Å². The second kappa shape index (κ2) is 11.2. The zero-order chi connectivity index (χ0) is 23.8. The standard InChI is InChI=1S/C20H21FN2O2.C4H4O4/c21-16-7-4-8-17(19(16)15-5-2-1-3-6-15)22-20(24)25-18-13-23-11-9-14(18)10-12-23;5-3(6)1-2-4(7)8/h1-8,14,18H,9-13H2,(H,22,24);1-2H,(H,5,6)(H,7,8)/b;2-1+. The molecule has 0 aliphatic carbocycles. The summed E-state index contributed by atoms with van der Waals surface area (Å²) >= 11 is 0. The fraction of sp³-hybridized carbons (Fsp3) is 0.292. The molecular weight excluding hydrogens is 431 g/mol. The normalized spacial score (nSPS) is 21.1. The van der Waals surface area contributed by atoms with Crippen molar-refractivity contribution < 1.29 is 33.7 Å². The number of nitrogens with one attached hydrogen (secondary N) is 1. The van der Waals surface area contributed by atoms with Crippen LogP contribution in [0.4, 0.5) is 14.9 Å². The first kappa shape index (κ1) is 23.9. The van der Waals surface area contributed by atoms with E-state index in [2.05, 4.69) is 10.2 Å². The Bertz CT molecular complexity index is 1000. The zero-order valence-electron chi connectivity index (χ0n) is 17.8. The molecule has 3 saturated heterocycles. The van der Waals surface area contributed by atoms with E-state index in [9.17, 15) is 18.8 Å². The lowest BCUT2D eigenvalue weighted by molar-refractivity contribution is -0.134. The summed E-state index contributed by atoms with van der Waals surface area (Å²) in [5, 5.41) is 18.4. The van der Waals surface area contributed by atoms with Crippen LogP contribution in [-0.2, 0) is 14.3 Å². The van der Waals surface area contributed by atoms with Crippen molar-refractivity contribution in [1.29, 1.82) is 0 Å². The van der Waals surface area contributed by atoms with Gasteiger partial charge in [-0.05, 0) is 49.5 Å². The van der Waals surface area contributed by atoms with Gasteiger partial charge in [-0.2, -0.15) is 0 Å². The summed E-state index contributed by atoms with van der Waals surface area (Å²) in [5.41, 5.74) is 1.53. The summed E-state index contributed by atoms with van der Waals surface area (Å²) in [6.45, 7) is 2.98. The molecule has 174 valence electrons. The Morgan fingerprint density at radius 2 is 1.61 bits per heavy atom. The lowest BCUT2D eigenvalue weighted by Gasteiger charge is -2.43. The molecule has 3 fully saturated rings. The first-order valence-corrected chi connectivity index (χ1v) is 10.5. The Balaban J connectivity index is 0.000000331. The minimum atomic E-state index is -1.26. The van der Waals surface area contributed by atoms with Gasteiger partial charge in [0, 0.05) is 24.3 Å². The number of carbonyl (C=O) groups is 3. The highest BCUT2D eigenvalue weighted by molar-refractivity contribution is 5.92. The van der Waals surface area contributed by atoms with Gasteiger partial charge in [-0.3, -0.25) is 10.2 Å². The van der Waals surface area contributed by atoms with Crippen LogP contribution in [0.15, 0.2) is 60.7 Å². The zero-order valence-corrected chi connectivity index (χ0v) is 17.8. The number of anilines is 1. The highest BCUT2D eigenvalue weighted by atomic mass is 19.1. The molecule has 0 spiro atoms. The summed E-state index contributed by atoms with van der Waals surface area (Å²) in [5.74, 6) is -2.44. The average Bonchev–Trinajstić information content (AvgIpc) is 2.79. The van der Waals surface area contributed by atoms with Crippen molar-refractivity contribution in [1.82, 2.24) is 4.90 Å². The lowest BCUT2D eigenvalue weighted by atomic mass is 9.86. The van der Waals surface area contributed by atoms with Crippen LogP contribution in [0.25, 0.3) is 11.1 Å². The Hall–Kier alpha value is -3.72. The van der Waals surface area contributed by atoms with Gasteiger partial charge in [-0.15, -0.1) is 0 Å².